The third kappa shape index (κ3) is 2.92. The minimum atomic E-state index is -3.79. The number of nitrogen functional groups attached to an aromatic ring is 1. The molecule has 0 radical (unpaired) electrons. The predicted octanol–water partition coefficient (Wildman–Crippen LogP) is 0.507. The van der Waals surface area contributed by atoms with E-state index in [1.54, 1.807) is 12.1 Å². The molecule has 1 unspecified atom stereocenters. The van der Waals surface area contributed by atoms with E-state index in [9.17, 15) is 8.42 Å². The van der Waals surface area contributed by atoms with Crippen LogP contribution in [0.15, 0.2) is 23.1 Å². The molecular weight excluding hydrogens is 254 g/mol. The highest BCUT2D eigenvalue weighted by molar-refractivity contribution is 7.89. The maximum absolute atomic E-state index is 11.3. The summed E-state index contributed by atoms with van der Waals surface area (Å²) in [6.07, 6.45) is 1.95. The quantitative estimate of drug-likeness (QED) is 0.694. The van der Waals surface area contributed by atoms with E-state index in [2.05, 4.69) is 5.32 Å². The third-order valence-corrected chi connectivity index (χ3v) is 3.86. The predicted molar refractivity (Wildman–Crippen MR) is 69.7 cm³/mol. The number of benzene rings is 1. The summed E-state index contributed by atoms with van der Waals surface area (Å²) in [5.74, 6) is 0. The molecule has 6 nitrogen and oxygen atoms in total. The number of nitrogens with two attached hydrogens (primary N) is 2. The number of anilines is 2. The van der Waals surface area contributed by atoms with E-state index in [1.165, 1.54) is 6.07 Å². The Morgan fingerprint density at radius 3 is 2.78 bits per heavy atom. The van der Waals surface area contributed by atoms with Crippen molar-refractivity contribution in [1.82, 2.24) is 0 Å². The summed E-state index contributed by atoms with van der Waals surface area (Å²) >= 11 is 0. The number of hydrogen-bond donors (Lipinski definition) is 3. The molecule has 0 amide bonds. The highest BCUT2D eigenvalue weighted by Gasteiger charge is 2.18. The van der Waals surface area contributed by atoms with Crippen molar-refractivity contribution >= 4 is 21.4 Å². The van der Waals surface area contributed by atoms with Crippen molar-refractivity contribution in [1.29, 1.82) is 0 Å². The van der Waals surface area contributed by atoms with Gasteiger partial charge in [-0.25, -0.2) is 13.6 Å². The lowest BCUT2D eigenvalue weighted by molar-refractivity contribution is 0.0876. The molecule has 0 aliphatic carbocycles. The highest BCUT2D eigenvalue weighted by Crippen LogP contribution is 2.27. The van der Waals surface area contributed by atoms with Crippen molar-refractivity contribution < 1.29 is 13.2 Å². The maximum atomic E-state index is 11.3. The molecule has 2 rings (SSSR count). The van der Waals surface area contributed by atoms with Gasteiger partial charge in [0.25, 0.3) is 0 Å². The largest absolute Gasteiger partial charge is 0.396 e. The Kier molecular flexibility index (Phi) is 3.74. The van der Waals surface area contributed by atoms with Crippen molar-refractivity contribution in [2.24, 2.45) is 5.14 Å². The first-order valence-electron chi connectivity index (χ1n) is 5.74. The molecule has 1 heterocycles. The lowest BCUT2D eigenvalue weighted by Crippen LogP contribution is -2.30. The van der Waals surface area contributed by atoms with Crippen molar-refractivity contribution in [2.45, 2.75) is 23.8 Å². The van der Waals surface area contributed by atoms with E-state index in [1.807, 2.05) is 0 Å². The zero-order chi connectivity index (χ0) is 13.2. The molecule has 1 aliphatic rings. The van der Waals surface area contributed by atoms with Crippen molar-refractivity contribution in [3.05, 3.63) is 18.2 Å². The summed E-state index contributed by atoms with van der Waals surface area (Å²) in [5, 5.41) is 8.29. The second kappa shape index (κ2) is 5.13. The number of primary sulfonamides is 1. The number of ether oxygens (including phenoxy) is 1. The zero-order valence-electron chi connectivity index (χ0n) is 9.93. The van der Waals surface area contributed by atoms with Crippen LogP contribution in [-0.4, -0.2) is 27.7 Å². The number of sulfonamides is 1. The molecule has 1 fully saturated rings. The molecular formula is C11H17N3O3S. The van der Waals surface area contributed by atoms with Crippen molar-refractivity contribution in [3.63, 3.8) is 0 Å². The lowest BCUT2D eigenvalue weighted by atomic mass is 10.1. The SMILES string of the molecule is Nc1c(NC2CCCOC2)cccc1S(N)(=O)=O. The molecule has 1 aromatic rings. The van der Waals surface area contributed by atoms with E-state index >= 15 is 0 Å². The van der Waals surface area contributed by atoms with Crippen LogP contribution in [0, 0.1) is 0 Å². The summed E-state index contributed by atoms with van der Waals surface area (Å²) in [7, 11) is -3.79. The van der Waals surface area contributed by atoms with E-state index < -0.39 is 10.0 Å². The van der Waals surface area contributed by atoms with E-state index in [0.717, 1.165) is 19.4 Å². The van der Waals surface area contributed by atoms with Gasteiger partial charge in [0, 0.05) is 12.6 Å². The molecule has 1 atom stereocenters. The van der Waals surface area contributed by atoms with Gasteiger partial charge in [-0.15, -0.1) is 0 Å². The summed E-state index contributed by atoms with van der Waals surface area (Å²) in [4.78, 5) is -0.0516. The fourth-order valence-electron chi connectivity index (χ4n) is 1.99. The summed E-state index contributed by atoms with van der Waals surface area (Å²) in [6, 6.07) is 4.89. The third-order valence-electron chi connectivity index (χ3n) is 2.89. The number of para-hydroxylation sites is 1. The van der Waals surface area contributed by atoms with Crippen molar-refractivity contribution in [3.8, 4) is 0 Å². The molecule has 0 spiro atoms. The monoisotopic (exact) mass is 271 g/mol. The topological polar surface area (TPSA) is 107 Å². The normalized spacial score (nSPS) is 20.6. The van der Waals surface area contributed by atoms with Gasteiger partial charge in [0.05, 0.1) is 18.0 Å². The second-order valence-electron chi connectivity index (χ2n) is 4.32. The zero-order valence-corrected chi connectivity index (χ0v) is 10.7. The van der Waals surface area contributed by atoms with Gasteiger partial charge in [0.15, 0.2) is 0 Å². The Bertz CT molecular complexity index is 524. The fraction of sp³-hybridized carbons (Fsp3) is 0.455. The molecule has 18 heavy (non-hydrogen) atoms. The summed E-state index contributed by atoms with van der Waals surface area (Å²) in [6.45, 7) is 1.37. The Labute approximate surface area is 106 Å². The number of rotatable bonds is 3. The molecule has 5 N–H and O–H groups in total. The van der Waals surface area contributed by atoms with Crippen LogP contribution < -0.4 is 16.2 Å². The van der Waals surface area contributed by atoms with Gasteiger partial charge < -0.3 is 15.8 Å². The van der Waals surface area contributed by atoms with Crippen molar-refractivity contribution in [2.75, 3.05) is 24.3 Å². The van der Waals surface area contributed by atoms with Crippen LogP contribution in [0.25, 0.3) is 0 Å². The van der Waals surface area contributed by atoms with Gasteiger partial charge in [-0.3, -0.25) is 0 Å². The van der Waals surface area contributed by atoms with E-state index in [0.29, 0.717) is 12.3 Å². The molecule has 100 valence electrons. The molecule has 1 saturated heterocycles. The smallest absolute Gasteiger partial charge is 0.240 e. The van der Waals surface area contributed by atoms with Crippen LogP contribution in [-0.2, 0) is 14.8 Å². The average Bonchev–Trinajstić information content (AvgIpc) is 2.32. The first-order chi connectivity index (χ1) is 8.48. The first-order valence-corrected chi connectivity index (χ1v) is 7.28. The van der Waals surface area contributed by atoms with E-state index in [4.69, 9.17) is 15.6 Å². The van der Waals surface area contributed by atoms with Gasteiger partial charge in [-0.05, 0) is 25.0 Å². The fourth-order valence-corrected chi connectivity index (χ4v) is 2.68. The Morgan fingerprint density at radius 2 is 2.17 bits per heavy atom. The van der Waals surface area contributed by atoms with Gasteiger partial charge in [0.2, 0.25) is 10.0 Å². The Morgan fingerprint density at radius 1 is 1.39 bits per heavy atom. The average molecular weight is 271 g/mol. The number of nitrogens with one attached hydrogen (secondary N) is 1. The van der Waals surface area contributed by atoms with Crippen LogP contribution in [0.2, 0.25) is 0 Å². The molecule has 1 aliphatic heterocycles. The minimum Gasteiger partial charge on any atom is -0.396 e. The minimum absolute atomic E-state index is 0.0516. The van der Waals surface area contributed by atoms with Gasteiger partial charge >= 0.3 is 0 Å². The summed E-state index contributed by atoms with van der Waals surface area (Å²) in [5.41, 5.74) is 6.56. The van der Waals surface area contributed by atoms with Crippen LogP contribution >= 0.6 is 0 Å². The Balaban J connectivity index is 2.23. The second-order valence-corrected chi connectivity index (χ2v) is 5.85. The summed E-state index contributed by atoms with van der Waals surface area (Å²) < 4.78 is 28.0. The maximum Gasteiger partial charge on any atom is 0.240 e. The van der Waals surface area contributed by atoms with Crippen LogP contribution in [0.4, 0.5) is 11.4 Å². The first kappa shape index (κ1) is 13.1. The molecule has 0 bridgehead atoms. The van der Waals surface area contributed by atoms with Gasteiger partial charge in [-0.1, -0.05) is 6.07 Å². The van der Waals surface area contributed by atoms with Crippen LogP contribution in [0.5, 0.6) is 0 Å². The molecule has 1 aromatic carbocycles. The molecule has 0 saturated carbocycles. The van der Waals surface area contributed by atoms with Gasteiger partial charge in [-0.2, -0.15) is 0 Å². The molecule has 0 aromatic heterocycles. The lowest BCUT2D eigenvalue weighted by Gasteiger charge is -2.25. The van der Waals surface area contributed by atoms with Crippen LogP contribution in [0.3, 0.4) is 0 Å². The van der Waals surface area contributed by atoms with Gasteiger partial charge in [0.1, 0.15) is 4.90 Å². The Hall–Kier alpha value is -1.31. The standard InChI is InChI=1S/C11H17N3O3S/c12-11-9(14-8-3-2-6-17-7-8)4-1-5-10(11)18(13,15)16/h1,4-5,8,14H,2-3,6-7,12H2,(H2,13,15,16). The van der Waals surface area contributed by atoms with E-state index in [-0.39, 0.29) is 16.6 Å². The van der Waals surface area contributed by atoms with Crippen LogP contribution in [0.1, 0.15) is 12.8 Å². The highest BCUT2D eigenvalue weighted by atomic mass is 32.2. The number of hydrogen-bond acceptors (Lipinski definition) is 5. The molecule has 7 heteroatoms.